The van der Waals surface area contributed by atoms with E-state index in [9.17, 15) is 2.74 Å². The van der Waals surface area contributed by atoms with Gasteiger partial charge in [-0.3, -0.25) is 0 Å². The SMILES string of the molecule is [2H]C([2H])(c1ccc(-c2[c-]cccc2)nc1)C([2H])([2H])c1cc(C)cc(-c2ccccc2-c2cnc(-c3[c-]cccc3)cc2-c2ccc(-c3ccccc3)cc2)c1.[Ir]. The van der Waals surface area contributed by atoms with Crippen LogP contribution < -0.4 is 0 Å². The molecule has 8 aromatic rings. The van der Waals surface area contributed by atoms with Crippen LogP contribution in [0.2, 0.25) is 0 Å². The van der Waals surface area contributed by atoms with Crippen molar-refractivity contribution in [3.63, 3.8) is 0 Å². The summed E-state index contributed by atoms with van der Waals surface area (Å²) in [6.45, 7) is 1.92. The van der Waals surface area contributed by atoms with E-state index in [1.165, 1.54) is 6.20 Å². The molecular formula is C49H36IrN2-2. The van der Waals surface area contributed by atoms with Crippen molar-refractivity contribution >= 4 is 0 Å². The van der Waals surface area contributed by atoms with Gasteiger partial charge in [-0.1, -0.05) is 121 Å². The van der Waals surface area contributed by atoms with Crippen molar-refractivity contribution in [2.45, 2.75) is 19.7 Å². The van der Waals surface area contributed by atoms with Crippen LogP contribution in [0.1, 0.15) is 22.2 Å². The van der Waals surface area contributed by atoms with Crippen molar-refractivity contribution in [3.05, 3.63) is 205 Å². The average Bonchev–Trinajstić information content (AvgIpc) is 3.24. The van der Waals surface area contributed by atoms with Gasteiger partial charge in [0.2, 0.25) is 0 Å². The Morgan fingerprint density at radius 1 is 0.462 bits per heavy atom. The first-order valence-corrected chi connectivity index (χ1v) is 17.0. The summed E-state index contributed by atoms with van der Waals surface area (Å²) in [4.78, 5) is 9.41. The molecule has 8 rings (SSSR count). The summed E-state index contributed by atoms with van der Waals surface area (Å²) in [5, 5.41) is 0. The first kappa shape index (κ1) is 29.9. The number of aryl methyl sites for hydroxylation is 3. The summed E-state index contributed by atoms with van der Waals surface area (Å²) in [5.41, 5.74) is 12.2. The Balaban J connectivity index is 0.00000480. The molecule has 0 unspecified atom stereocenters. The van der Waals surface area contributed by atoms with Crippen molar-refractivity contribution in [2.24, 2.45) is 0 Å². The molecule has 2 nitrogen and oxygen atoms in total. The Kier molecular flexibility index (Phi) is 9.26. The minimum absolute atomic E-state index is 0. The van der Waals surface area contributed by atoms with Gasteiger partial charge < -0.3 is 9.97 Å². The molecule has 0 N–H and O–H groups in total. The second-order valence-electron chi connectivity index (χ2n) is 12.4. The summed E-state index contributed by atoms with van der Waals surface area (Å²) < 4.78 is 36.8. The Hall–Kier alpha value is -5.73. The Bertz CT molecular complexity index is 2580. The van der Waals surface area contributed by atoms with Crippen LogP contribution in [0.3, 0.4) is 0 Å². The summed E-state index contributed by atoms with van der Waals surface area (Å²) in [6, 6.07) is 59.7. The molecule has 0 fully saturated rings. The standard InChI is InChI=1S/C49H36N2.Ir/c1-35-29-37(22-21-36-23-28-48(50-33-36)41-15-7-3-8-16-41)31-43(30-35)44-19-11-12-20-45(44)47-34-51-49(42-17-9-4-10-18-42)32-46(47)40-26-24-39(25-27-40)38-13-5-2-6-14-38;/h2-15,17,19-20,23-34H,21-22H2,1H3;/q-2;/i21D2,22D2;. The zero-order valence-electron chi connectivity index (χ0n) is 32.5. The molecule has 3 heteroatoms. The van der Waals surface area contributed by atoms with Crippen LogP contribution >= 0.6 is 0 Å². The number of nitrogens with zero attached hydrogens (tertiary/aromatic N) is 2. The maximum Gasteiger partial charge on any atom is 0.0320 e. The molecule has 0 atom stereocenters. The van der Waals surface area contributed by atoms with Gasteiger partial charge in [0, 0.05) is 43.5 Å². The summed E-state index contributed by atoms with van der Waals surface area (Å²) in [6.07, 6.45) is -1.45. The third-order valence-corrected chi connectivity index (χ3v) is 8.90. The number of pyridine rings is 2. The van der Waals surface area contributed by atoms with E-state index in [0.29, 0.717) is 5.69 Å². The molecule has 6 aromatic carbocycles. The van der Waals surface area contributed by atoms with Crippen molar-refractivity contribution in [1.29, 1.82) is 0 Å². The van der Waals surface area contributed by atoms with Crippen molar-refractivity contribution in [3.8, 4) is 67.0 Å². The Labute approximate surface area is 325 Å². The Morgan fingerprint density at radius 3 is 1.77 bits per heavy atom. The number of hydrogen-bond donors (Lipinski definition) is 0. The van der Waals surface area contributed by atoms with Crippen molar-refractivity contribution < 1.29 is 25.6 Å². The normalized spacial score (nSPS) is 12.5. The number of rotatable bonds is 9. The van der Waals surface area contributed by atoms with Gasteiger partial charge in [-0.2, -0.15) is 0 Å². The van der Waals surface area contributed by atoms with Gasteiger partial charge in [-0.05, 0) is 81.1 Å². The second-order valence-corrected chi connectivity index (χ2v) is 12.4. The number of aromatic nitrogens is 2. The topological polar surface area (TPSA) is 25.8 Å². The van der Waals surface area contributed by atoms with Crippen LogP contribution in [0.4, 0.5) is 0 Å². The fourth-order valence-corrected chi connectivity index (χ4v) is 6.39. The van der Waals surface area contributed by atoms with Crippen LogP contribution in [0.15, 0.2) is 176 Å². The van der Waals surface area contributed by atoms with Gasteiger partial charge in [-0.25, -0.2) is 0 Å². The van der Waals surface area contributed by atoms with Crippen LogP contribution in [-0.4, -0.2) is 9.97 Å². The first-order chi connectivity index (χ1) is 26.7. The largest absolute Gasteiger partial charge is 0.304 e. The maximum absolute atomic E-state index is 9.27. The molecule has 0 saturated heterocycles. The molecular weight excluding hydrogens is 809 g/mol. The number of benzene rings is 6. The molecule has 0 spiro atoms. The average molecular weight is 849 g/mol. The summed E-state index contributed by atoms with van der Waals surface area (Å²) in [5.74, 6) is 0. The number of hydrogen-bond acceptors (Lipinski definition) is 2. The summed E-state index contributed by atoms with van der Waals surface area (Å²) in [7, 11) is 0. The fourth-order valence-electron chi connectivity index (χ4n) is 6.39. The second kappa shape index (κ2) is 16.1. The minimum atomic E-state index is -2.40. The summed E-state index contributed by atoms with van der Waals surface area (Å²) >= 11 is 0. The van der Waals surface area contributed by atoms with Gasteiger partial charge >= 0.3 is 0 Å². The zero-order valence-corrected chi connectivity index (χ0v) is 30.9. The van der Waals surface area contributed by atoms with E-state index in [2.05, 4.69) is 65.6 Å². The molecule has 0 aliphatic heterocycles. The monoisotopic (exact) mass is 849 g/mol. The molecule has 253 valence electrons. The molecule has 0 aliphatic rings. The van der Waals surface area contributed by atoms with Gasteiger partial charge in [0.1, 0.15) is 0 Å². The van der Waals surface area contributed by atoms with E-state index in [-0.39, 0.29) is 31.2 Å². The Morgan fingerprint density at radius 2 is 1.08 bits per heavy atom. The minimum Gasteiger partial charge on any atom is -0.304 e. The third kappa shape index (κ3) is 7.77. The smallest absolute Gasteiger partial charge is 0.0320 e. The van der Waals surface area contributed by atoms with E-state index < -0.39 is 12.7 Å². The van der Waals surface area contributed by atoms with Gasteiger partial charge in [-0.15, -0.1) is 71.8 Å². The van der Waals surface area contributed by atoms with Crippen LogP contribution in [0.5, 0.6) is 0 Å². The molecule has 0 saturated carbocycles. The molecule has 2 aromatic heterocycles. The molecule has 0 aliphatic carbocycles. The van der Waals surface area contributed by atoms with E-state index in [1.807, 2.05) is 98.0 Å². The van der Waals surface area contributed by atoms with E-state index >= 15 is 0 Å². The molecule has 0 bridgehead atoms. The van der Waals surface area contributed by atoms with Gasteiger partial charge in [0.15, 0.2) is 0 Å². The fraction of sp³-hybridized carbons (Fsp3) is 0.0612. The molecule has 0 amide bonds. The van der Waals surface area contributed by atoms with Crippen LogP contribution in [0.25, 0.3) is 67.0 Å². The van der Waals surface area contributed by atoms with Gasteiger partial charge in [0.25, 0.3) is 0 Å². The van der Waals surface area contributed by atoms with Crippen molar-refractivity contribution in [2.75, 3.05) is 0 Å². The van der Waals surface area contributed by atoms with E-state index in [0.717, 1.165) is 66.9 Å². The zero-order chi connectivity index (χ0) is 38.0. The molecule has 52 heavy (non-hydrogen) atoms. The van der Waals surface area contributed by atoms with Crippen LogP contribution in [0, 0.1) is 19.1 Å². The predicted octanol–water partition coefficient (Wildman–Crippen LogP) is 12.2. The maximum atomic E-state index is 9.27. The first-order valence-electron chi connectivity index (χ1n) is 19.0. The van der Waals surface area contributed by atoms with Crippen LogP contribution in [-0.2, 0) is 32.9 Å². The van der Waals surface area contributed by atoms with E-state index in [1.54, 1.807) is 30.3 Å². The quantitative estimate of drug-likeness (QED) is 0.135. The predicted molar refractivity (Wildman–Crippen MR) is 211 cm³/mol. The third-order valence-electron chi connectivity index (χ3n) is 8.90. The van der Waals surface area contributed by atoms with E-state index in [4.69, 9.17) is 7.73 Å². The molecule has 2 heterocycles. The molecule has 1 radical (unpaired) electrons. The van der Waals surface area contributed by atoms with Gasteiger partial charge in [0.05, 0.1) is 0 Å². The van der Waals surface area contributed by atoms with Crippen molar-refractivity contribution in [1.82, 2.24) is 9.97 Å².